The summed E-state index contributed by atoms with van der Waals surface area (Å²) in [6.45, 7) is 4.20. The third-order valence-electron chi connectivity index (χ3n) is 5.66. The van der Waals surface area contributed by atoms with Crippen LogP contribution in [0.5, 0.6) is 0 Å². The molecule has 1 aliphatic rings. The highest BCUT2D eigenvalue weighted by Gasteiger charge is 2.31. The number of hydrogen-bond donors (Lipinski definition) is 1. The number of fused-ring (bicyclic) bond motifs is 2. The van der Waals surface area contributed by atoms with Crippen LogP contribution < -0.4 is 5.32 Å². The lowest BCUT2D eigenvalue weighted by molar-refractivity contribution is 0.0978. The van der Waals surface area contributed by atoms with Crippen LogP contribution in [0.25, 0.3) is 0 Å². The fourth-order valence-electron chi connectivity index (χ4n) is 3.93. The van der Waals surface area contributed by atoms with Crippen molar-refractivity contribution in [1.82, 2.24) is 4.31 Å². The summed E-state index contributed by atoms with van der Waals surface area (Å²) in [7, 11) is -3.64. The van der Waals surface area contributed by atoms with Gasteiger partial charge in [-0.15, -0.1) is 0 Å². The van der Waals surface area contributed by atoms with E-state index in [4.69, 9.17) is 0 Å². The quantitative estimate of drug-likeness (QED) is 0.470. The molecular weight excluding hydrogens is 440 g/mol. The Morgan fingerprint density at radius 1 is 0.788 bits per heavy atom. The number of carbonyl (C=O) groups excluding carboxylic acids is 3. The molecule has 0 aliphatic heterocycles. The first-order valence-corrected chi connectivity index (χ1v) is 12.0. The van der Waals surface area contributed by atoms with E-state index in [9.17, 15) is 22.8 Å². The summed E-state index contributed by atoms with van der Waals surface area (Å²) in [5.41, 5.74) is 1.46. The van der Waals surface area contributed by atoms with Gasteiger partial charge in [0.2, 0.25) is 10.0 Å². The van der Waals surface area contributed by atoms with Gasteiger partial charge in [-0.2, -0.15) is 4.31 Å². The Morgan fingerprint density at radius 2 is 1.36 bits per heavy atom. The number of rotatable bonds is 6. The number of amides is 1. The van der Waals surface area contributed by atoms with Crippen molar-refractivity contribution in [3.05, 3.63) is 94.5 Å². The van der Waals surface area contributed by atoms with Crippen LogP contribution in [0.1, 0.15) is 56.0 Å². The molecule has 1 aliphatic carbocycles. The lowest BCUT2D eigenvalue weighted by atomic mass is 9.83. The second-order valence-electron chi connectivity index (χ2n) is 7.50. The highest BCUT2D eigenvalue weighted by atomic mass is 32.2. The van der Waals surface area contributed by atoms with E-state index in [1.54, 1.807) is 56.3 Å². The summed E-state index contributed by atoms with van der Waals surface area (Å²) in [4.78, 5) is 38.9. The Hall–Kier alpha value is -3.62. The monoisotopic (exact) mass is 462 g/mol. The van der Waals surface area contributed by atoms with Gasteiger partial charge >= 0.3 is 0 Å². The van der Waals surface area contributed by atoms with E-state index in [1.165, 1.54) is 28.6 Å². The van der Waals surface area contributed by atoms with Gasteiger partial charge in [-0.1, -0.05) is 50.2 Å². The van der Waals surface area contributed by atoms with Crippen LogP contribution in [0.15, 0.2) is 71.6 Å². The zero-order valence-corrected chi connectivity index (χ0v) is 19.0. The molecule has 1 amide bonds. The Labute approximate surface area is 192 Å². The average Bonchev–Trinajstić information content (AvgIpc) is 2.83. The first-order chi connectivity index (χ1) is 15.8. The zero-order valence-electron chi connectivity index (χ0n) is 18.2. The molecule has 168 valence electrons. The van der Waals surface area contributed by atoms with E-state index < -0.39 is 15.9 Å². The predicted octanol–water partition coefficient (Wildman–Crippen LogP) is 3.74. The van der Waals surface area contributed by atoms with Gasteiger partial charge in [-0.3, -0.25) is 14.4 Å². The van der Waals surface area contributed by atoms with Crippen LogP contribution in [0.3, 0.4) is 0 Å². The van der Waals surface area contributed by atoms with Crippen molar-refractivity contribution in [2.45, 2.75) is 18.7 Å². The molecule has 0 saturated carbocycles. The minimum Gasteiger partial charge on any atom is -0.321 e. The van der Waals surface area contributed by atoms with E-state index in [2.05, 4.69) is 5.32 Å². The number of benzene rings is 3. The van der Waals surface area contributed by atoms with Crippen LogP contribution >= 0.6 is 0 Å². The van der Waals surface area contributed by atoms with Gasteiger partial charge in [0.15, 0.2) is 11.6 Å². The first kappa shape index (κ1) is 22.6. The summed E-state index contributed by atoms with van der Waals surface area (Å²) < 4.78 is 26.6. The maximum atomic E-state index is 13.1. The van der Waals surface area contributed by atoms with Gasteiger partial charge in [0.05, 0.1) is 16.1 Å². The van der Waals surface area contributed by atoms with Gasteiger partial charge in [0.25, 0.3) is 5.91 Å². The molecule has 0 radical (unpaired) electrons. The van der Waals surface area contributed by atoms with Crippen molar-refractivity contribution in [2.24, 2.45) is 0 Å². The molecule has 33 heavy (non-hydrogen) atoms. The smallest absolute Gasteiger partial charge is 0.255 e. The third kappa shape index (κ3) is 3.88. The predicted molar refractivity (Wildman–Crippen MR) is 124 cm³/mol. The fourth-order valence-corrected chi connectivity index (χ4v) is 5.39. The summed E-state index contributed by atoms with van der Waals surface area (Å²) in [5.74, 6) is -1.13. The molecule has 0 fully saturated rings. The molecule has 8 heteroatoms. The molecule has 0 saturated heterocycles. The number of anilines is 1. The molecule has 0 atom stereocenters. The van der Waals surface area contributed by atoms with Crippen molar-refractivity contribution in [3.63, 3.8) is 0 Å². The summed E-state index contributed by atoms with van der Waals surface area (Å²) in [6.07, 6.45) is 0. The van der Waals surface area contributed by atoms with E-state index >= 15 is 0 Å². The van der Waals surface area contributed by atoms with Crippen LogP contribution in [-0.4, -0.2) is 43.3 Å². The zero-order chi connectivity index (χ0) is 23.8. The lowest BCUT2D eigenvalue weighted by Crippen LogP contribution is -2.30. The normalized spacial score (nSPS) is 12.9. The molecule has 3 aromatic rings. The number of nitrogens with one attached hydrogen (secondary N) is 1. The number of hydrogen-bond acceptors (Lipinski definition) is 5. The molecule has 4 rings (SSSR count). The highest BCUT2D eigenvalue weighted by Crippen LogP contribution is 2.32. The maximum absolute atomic E-state index is 13.1. The average molecular weight is 463 g/mol. The molecule has 0 bridgehead atoms. The Bertz CT molecular complexity index is 1370. The number of carbonyl (C=O) groups is 3. The standard InChI is InChI=1S/C25H22N2O5S/c1-3-27(4-2)33(31,32)17-14-12-16(13-15-17)25(30)26-21-11-7-10-20-22(21)24(29)19-9-6-5-8-18(19)23(20)28/h5-15H,3-4H2,1-2H3,(H,26,30). The van der Waals surface area contributed by atoms with Crippen molar-refractivity contribution < 1.29 is 22.8 Å². The van der Waals surface area contributed by atoms with Gasteiger partial charge in [0.1, 0.15) is 0 Å². The second kappa shape index (κ2) is 8.73. The molecule has 7 nitrogen and oxygen atoms in total. The number of nitrogens with zero attached hydrogens (tertiary/aromatic N) is 1. The summed E-state index contributed by atoms with van der Waals surface area (Å²) in [6, 6.07) is 16.9. The van der Waals surface area contributed by atoms with Crippen LogP contribution in [0.2, 0.25) is 0 Å². The Balaban J connectivity index is 1.63. The summed E-state index contributed by atoms with van der Waals surface area (Å²) in [5, 5.41) is 2.70. The second-order valence-corrected chi connectivity index (χ2v) is 9.44. The molecule has 3 aromatic carbocycles. The number of sulfonamides is 1. The van der Waals surface area contributed by atoms with Crippen LogP contribution in [-0.2, 0) is 10.0 Å². The van der Waals surface area contributed by atoms with E-state index in [0.717, 1.165) is 0 Å². The number of ketones is 2. The molecular formula is C25H22N2O5S. The van der Waals surface area contributed by atoms with Crippen molar-refractivity contribution in [3.8, 4) is 0 Å². The van der Waals surface area contributed by atoms with Crippen molar-refractivity contribution >= 4 is 33.2 Å². The Morgan fingerprint density at radius 3 is 1.97 bits per heavy atom. The van der Waals surface area contributed by atoms with Gasteiger partial charge < -0.3 is 5.32 Å². The van der Waals surface area contributed by atoms with Crippen LogP contribution in [0.4, 0.5) is 5.69 Å². The summed E-state index contributed by atoms with van der Waals surface area (Å²) >= 11 is 0. The maximum Gasteiger partial charge on any atom is 0.255 e. The van der Waals surface area contributed by atoms with Gasteiger partial charge in [-0.25, -0.2) is 8.42 Å². The van der Waals surface area contributed by atoms with Gasteiger partial charge in [0, 0.05) is 35.3 Å². The minimum atomic E-state index is -3.64. The molecule has 0 heterocycles. The topological polar surface area (TPSA) is 101 Å². The van der Waals surface area contributed by atoms with Crippen molar-refractivity contribution in [1.29, 1.82) is 0 Å². The fraction of sp³-hybridized carbons (Fsp3) is 0.160. The molecule has 0 unspecified atom stereocenters. The SMILES string of the molecule is CCN(CC)S(=O)(=O)c1ccc(C(=O)Nc2cccc3c2C(=O)c2ccccc2C3=O)cc1. The Kier molecular flexibility index (Phi) is 5.97. The molecule has 1 N–H and O–H groups in total. The highest BCUT2D eigenvalue weighted by molar-refractivity contribution is 7.89. The minimum absolute atomic E-state index is 0.0946. The third-order valence-corrected chi connectivity index (χ3v) is 7.72. The van der Waals surface area contributed by atoms with E-state index in [0.29, 0.717) is 24.2 Å². The van der Waals surface area contributed by atoms with E-state index in [1.807, 2.05) is 0 Å². The molecule has 0 spiro atoms. The van der Waals surface area contributed by atoms with Crippen LogP contribution in [0, 0.1) is 0 Å². The van der Waals surface area contributed by atoms with Crippen molar-refractivity contribution in [2.75, 3.05) is 18.4 Å². The van der Waals surface area contributed by atoms with E-state index in [-0.39, 0.29) is 38.8 Å². The first-order valence-electron chi connectivity index (χ1n) is 10.5. The molecule has 0 aromatic heterocycles. The lowest BCUT2D eigenvalue weighted by Gasteiger charge is -2.20. The van der Waals surface area contributed by atoms with Gasteiger partial charge in [-0.05, 0) is 30.3 Å². The largest absolute Gasteiger partial charge is 0.321 e.